The maximum absolute atomic E-state index is 8.00. The molecule has 0 aliphatic heterocycles. The summed E-state index contributed by atoms with van der Waals surface area (Å²) in [6.45, 7) is 0. The summed E-state index contributed by atoms with van der Waals surface area (Å²) in [4.78, 5) is 8.00. The minimum absolute atomic E-state index is 0. The average Bonchev–Trinajstić information content (AvgIpc) is 1.46. The smallest absolute Gasteiger partial charge is 0 e. The van der Waals surface area contributed by atoms with Crippen LogP contribution in [0, 0.1) is 10.1 Å². The first-order chi connectivity index (χ1) is 2.41. The summed E-state index contributed by atoms with van der Waals surface area (Å²) < 4.78 is 0. The Hall–Kier alpha value is 0.464. The number of nitrogens with one attached hydrogen (secondary N) is 1. The molecule has 0 aromatic carbocycles. The molecule has 0 aromatic heterocycles. The van der Waals surface area contributed by atoms with Crippen LogP contribution in [0.2, 0.25) is 0 Å². The van der Waals surface area contributed by atoms with E-state index in [1.165, 1.54) is 7.05 Å². The van der Waals surface area contributed by atoms with Crippen LogP contribution in [0.4, 0.5) is 0 Å². The number of rotatable bonds is 0. The van der Waals surface area contributed by atoms with E-state index in [-0.39, 0.29) is 32.7 Å². The van der Waals surface area contributed by atoms with Gasteiger partial charge in [0, 0.05) is 32.7 Å². The van der Waals surface area contributed by atoms with E-state index in [1.54, 1.807) is 0 Å². The molecule has 35 valence electrons. The standard InChI is InChI=1S/CH4N.HNO2.Y/c1-2;2-1-3;/h2H,1H3;(H,2,3);/q-1;;/p-1. The molecule has 4 nitrogen and oxygen atoms in total. The molecule has 1 N–H and O–H groups in total. The van der Waals surface area contributed by atoms with Gasteiger partial charge in [0.25, 0.3) is 0 Å². The molecule has 0 bridgehead atoms. The molecule has 1 radical (unpaired) electrons. The van der Waals surface area contributed by atoms with E-state index < -0.39 is 0 Å². The summed E-state index contributed by atoms with van der Waals surface area (Å²) in [7, 11) is 1.25. The van der Waals surface area contributed by atoms with Gasteiger partial charge in [0.2, 0.25) is 0 Å². The van der Waals surface area contributed by atoms with Crippen molar-refractivity contribution in [2.45, 2.75) is 0 Å². The van der Waals surface area contributed by atoms with Crippen LogP contribution in [0.25, 0.3) is 5.73 Å². The first-order valence-electron chi connectivity index (χ1n) is 0.865. The SMILES string of the molecule is C[NH-].O=N[O-].[Y]. The Labute approximate surface area is 60.9 Å². The first-order valence-corrected chi connectivity index (χ1v) is 0.865. The molecule has 0 atom stereocenters. The van der Waals surface area contributed by atoms with Crippen LogP contribution in [-0.4, -0.2) is 7.05 Å². The Morgan fingerprint density at radius 3 is 1.67 bits per heavy atom. The molecule has 0 saturated carbocycles. The predicted molar refractivity (Wildman–Crippen MR) is 19.4 cm³/mol. The summed E-state index contributed by atoms with van der Waals surface area (Å²) in [5, 5.41) is 9.00. The van der Waals surface area contributed by atoms with Gasteiger partial charge < -0.3 is 15.8 Å². The van der Waals surface area contributed by atoms with Gasteiger partial charge in [-0.05, 0) is 0 Å². The molecule has 5 heteroatoms. The van der Waals surface area contributed by atoms with Gasteiger partial charge >= 0.3 is 0 Å². The molecule has 0 rings (SSSR count). The summed E-state index contributed by atoms with van der Waals surface area (Å²) in [6.07, 6.45) is 0. The van der Waals surface area contributed by atoms with Gasteiger partial charge in [0.1, 0.15) is 0 Å². The van der Waals surface area contributed by atoms with Gasteiger partial charge in [-0.3, -0.25) is 0 Å². The molecule has 0 aliphatic rings. The van der Waals surface area contributed by atoms with Crippen LogP contribution < -0.4 is 0 Å². The van der Waals surface area contributed by atoms with Gasteiger partial charge in [0.05, 0.1) is 0 Å². The van der Waals surface area contributed by atoms with E-state index in [0.29, 0.717) is 0 Å². The van der Waals surface area contributed by atoms with Crippen molar-refractivity contribution in [1.29, 1.82) is 0 Å². The van der Waals surface area contributed by atoms with E-state index in [9.17, 15) is 0 Å². The fourth-order valence-electron chi connectivity index (χ4n) is 0. The van der Waals surface area contributed by atoms with E-state index in [0.717, 1.165) is 5.34 Å². The van der Waals surface area contributed by atoms with Crippen molar-refractivity contribution in [3.8, 4) is 0 Å². The first kappa shape index (κ1) is 16.1. The quantitative estimate of drug-likeness (QED) is 0.395. The summed E-state index contributed by atoms with van der Waals surface area (Å²) in [6, 6.07) is 0. The van der Waals surface area contributed by atoms with Crippen molar-refractivity contribution in [3.63, 3.8) is 0 Å². The second-order valence-corrected chi connectivity index (χ2v) is 0.0745. The van der Waals surface area contributed by atoms with Gasteiger partial charge in [0.15, 0.2) is 0 Å². The zero-order valence-electron chi connectivity index (χ0n) is 3.34. The van der Waals surface area contributed by atoms with E-state index >= 15 is 0 Å². The molecule has 0 aromatic rings. The Morgan fingerprint density at radius 2 is 1.67 bits per heavy atom. The topological polar surface area (TPSA) is 76.3 Å². The normalized spacial score (nSPS) is 3.00. The second-order valence-electron chi connectivity index (χ2n) is 0.0745. The number of hydrogen-bond acceptors (Lipinski definition) is 3. The van der Waals surface area contributed by atoms with Crippen LogP contribution in [0.15, 0.2) is 5.34 Å². The molecule has 0 heterocycles. The zero-order chi connectivity index (χ0) is 4.71. The third kappa shape index (κ3) is 249. The largest absolute Gasteiger partial charge is 0.680 e. The van der Waals surface area contributed by atoms with Crippen LogP contribution in [0.3, 0.4) is 0 Å². The third-order valence-corrected chi connectivity index (χ3v) is 0. The average molecular weight is 165 g/mol. The van der Waals surface area contributed by atoms with Crippen LogP contribution >= 0.6 is 0 Å². The molecule has 0 unspecified atom stereocenters. The number of nitrogens with zero attached hydrogens (tertiary/aromatic N) is 1. The zero-order valence-corrected chi connectivity index (χ0v) is 6.18. The van der Waals surface area contributed by atoms with Crippen molar-refractivity contribution < 1.29 is 32.7 Å². The van der Waals surface area contributed by atoms with Crippen LogP contribution in [-0.2, 0) is 32.7 Å². The summed E-state index contributed by atoms with van der Waals surface area (Å²) in [5.41, 5.74) is 5.75. The van der Waals surface area contributed by atoms with Crippen LogP contribution in [0.5, 0.6) is 0 Å². The molecule has 0 aliphatic carbocycles. The van der Waals surface area contributed by atoms with Crippen molar-refractivity contribution in [3.05, 3.63) is 15.8 Å². The molecule has 6 heavy (non-hydrogen) atoms. The maximum Gasteiger partial charge on any atom is 0 e. The van der Waals surface area contributed by atoms with Crippen molar-refractivity contribution in [1.82, 2.24) is 0 Å². The van der Waals surface area contributed by atoms with E-state index in [4.69, 9.17) is 15.8 Å². The Morgan fingerprint density at radius 1 is 1.67 bits per heavy atom. The fourth-order valence-corrected chi connectivity index (χ4v) is 0. The van der Waals surface area contributed by atoms with Gasteiger partial charge in [-0.25, -0.2) is 0 Å². The Kier molecular flexibility index (Phi) is 136. The third-order valence-electron chi connectivity index (χ3n) is 0. The van der Waals surface area contributed by atoms with E-state index in [2.05, 4.69) is 0 Å². The molecule has 0 spiro atoms. The van der Waals surface area contributed by atoms with Gasteiger partial charge in [-0.1, -0.05) is 0 Å². The maximum atomic E-state index is 8.00. The number of hydrogen-bond donors (Lipinski definition) is 0. The van der Waals surface area contributed by atoms with Crippen molar-refractivity contribution >= 4 is 0 Å². The minimum Gasteiger partial charge on any atom is -0.680 e. The molecule has 0 saturated heterocycles. The van der Waals surface area contributed by atoms with Crippen molar-refractivity contribution in [2.24, 2.45) is 5.34 Å². The van der Waals surface area contributed by atoms with E-state index in [1.807, 2.05) is 0 Å². The molecular weight excluding hydrogens is 161 g/mol. The Balaban J connectivity index is -0.0000000275. The monoisotopic (exact) mass is 165 g/mol. The van der Waals surface area contributed by atoms with Crippen LogP contribution in [0.1, 0.15) is 0 Å². The molecule has 0 fully saturated rings. The Bertz CT molecular complexity index is 19.0. The fraction of sp³-hybridized carbons (Fsp3) is 1.00. The molecular formula is CH4N2O2Y-2. The van der Waals surface area contributed by atoms with Gasteiger partial charge in [-0.15, -0.1) is 5.34 Å². The molecule has 0 amide bonds. The van der Waals surface area contributed by atoms with Gasteiger partial charge in [-0.2, -0.15) is 7.05 Å². The summed E-state index contributed by atoms with van der Waals surface area (Å²) >= 11 is 0. The summed E-state index contributed by atoms with van der Waals surface area (Å²) in [5.74, 6) is 0. The minimum atomic E-state index is 0. The predicted octanol–water partition coefficient (Wildman–Crippen LogP) is 0.916. The second kappa shape index (κ2) is 50.8. The van der Waals surface area contributed by atoms with Crippen molar-refractivity contribution in [2.75, 3.05) is 7.05 Å².